The molecule has 1 aliphatic heterocycles. The molecule has 3 heterocycles. The Hall–Kier alpha value is -3.43. The fraction of sp³-hybridized carbons (Fsp3) is 0.300. The first-order chi connectivity index (χ1) is 14.4. The summed E-state index contributed by atoms with van der Waals surface area (Å²) in [7, 11) is 0. The van der Waals surface area contributed by atoms with Crippen molar-refractivity contribution < 1.29 is 18.0 Å². The highest BCUT2D eigenvalue weighted by atomic mass is 19.4. The molecule has 1 aromatic carbocycles. The Kier molecular flexibility index (Phi) is 5.39. The lowest BCUT2D eigenvalue weighted by molar-refractivity contribution is -0.137. The van der Waals surface area contributed by atoms with Crippen molar-refractivity contribution in [1.29, 1.82) is 0 Å². The van der Waals surface area contributed by atoms with Crippen LogP contribution in [0.5, 0.6) is 0 Å². The lowest BCUT2D eigenvalue weighted by Crippen LogP contribution is -2.41. The van der Waals surface area contributed by atoms with Gasteiger partial charge in [-0.1, -0.05) is 12.1 Å². The number of halogens is 3. The number of carbonyl (C=O) groups excluding carboxylic acids is 1. The van der Waals surface area contributed by atoms with Crippen LogP contribution in [0.1, 0.15) is 18.4 Å². The number of rotatable bonds is 4. The Morgan fingerprint density at radius 2 is 1.93 bits per heavy atom. The topological polar surface area (TPSA) is 75.9 Å². The van der Waals surface area contributed by atoms with Crippen molar-refractivity contribution in [1.82, 2.24) is 19.7 Å². The molecule has 0 aliphatic carbocycles. The normalized spacial score (nSPS) is 17.0. The molecule has 156 valence electrons. The van der Waals surface area contributed by atoms with Gasteiger partial charge in [-0.3, -0.25) is 4.79 Å². The molecule has 0 spiro atoms. The predicted molar refractivity (Wildman–Crippen MR) is 104 cm³/mol. The van der Waals surface area contributed by atoms with E-state index in [9.17, 15) is 18.0 Å². The zero-order valence-corrected chi connectivity index (χ0v) is 15.9. The molecular weight excluding hydrogens is 397 g/mol. The quantitative estimate of drug-likeness (QED) is 0.704. The smallest absolute Gasteiger partial charge is 0.356 e. The van der Waals surface area contributed by atoms with Gasteiger partial charge in [-0.25, -0.2) is 14.6 Å². The van der Waals surface area contributed by atoms with Crippen molar-refractivity contribution >= 4 is 17.4 Å². The van der Waals surface area contributed by atoms with E-state index in [1.165, 1.54) is 24.5 Å². The molecule has 1 fully saturated rings. The van der Waals surface area contributed by atoms with Crippen LogP contribution >= 0.6 is 0 Å². The summed E-state index contributed by atoms with van der Waals surface area (Å²) in [5, 5.41) is 6.60. The van der Waals surface area contributed by atoms with Gasteiger partial charge >= 0.3 is 6.18 Å². The molecule has 1 N–H and O–H groups in total. The molecule has 2 aromatic heterocycles. The molecule has 1 atom stereocenters. The zero-order chi connectivity index (χ0) is 21.1. The van der Waals surface area contributed by atoms with Gasteiger partial charge in [0.1, 0.15) is 12.1 Å². The van der Waals surface area contributed by atoms with Crippen LogP contribution in [0.25, 0.3) is 5.82 Å². The van der Waals surface area contributed by atoms with E-state index in [2.05, 4.69) is 20.4 Å². The van der Waals surface area contributed by atoms with Gasteiger partial charge in [0.2, 0.25) is 5.91 Å². The van der Waals surface area contributed by atoms with Gasteiger partial charge in [0.25, 0.3) is 0 Å². The number of nitrogens with one attached hydrogen (secondary N) is 1. The van der Waals surface area contributed by atoms with Gasteiger partial charge < -0.3 is 10.2 Å². The van der Waals surface area contributed by atoms with Crippen LogP contribution < -0.4 is 10.2 Å². The summed E-state index contributed by atoms with van der Waals surface area (Å²) < 4.78 is 41.2. The predicted octanol–water partition coefficient (Wildman–Crippen LogP) is 3.54. The van der Waals surface area contributed by atoms with Crippen molar-refractivity contribution in [3.05, 3.63) is 60.7 Å². The van der Waals surface area contributed by atoms with Crippen LogP contribution in [-0.4, -0.2) is 38.7 Å². The average molecular weight is 416 g/mol. The number of piperidine rings is 1. The highest BCUT2D eigenvalue weighted by molar-refractivity contribution is 5.93. The van der Waals surface area contributed by atoms with Crippen LogP contribution in [0.2, 0.25) is 0 Å². The van der Waals surface area contributed by atoms with Gasteiger partial charge in [0, 0.05) is 31.5 Å². The summed E-state index contributed by atoms with van der Waals surface area (Å²) in [6.07, 6.45) is 1.61. The molecule has 7 nitrogen and oxygen atoms in total. The molecule has 1 aliphatic rings. The molecule has 0 unspecified atom stereocenters. The van der Waals surface area contributed by atoms with Crippen LogP contribution in [0.4, 0.5) is 24.7 Å². The summed E-state index contributed by atoms with van der Waals surface area (Å²) in [4.78, 5) is 23.2. The Balaban J connectivity index is 1.49. The van der Waals surface area contributed by atoms with E-state index in [0.29, 0.717) is 31.1 Å². The lowest BCUT2D eigenvalue weighted by Gasteiger charge is -2.33. The Labute approximate surface area is 170 Å². The summed E-state index contributed by atoms with van der Waals surface area (Å²) in [6.45, 7) is 1.05. The van der Waals surface area contributed by atoms with E-state index in [1.54, 1.807) is 29.2 Å². The number of para-hydroxylation sites is 1. The number of carbonyl (C=O) groups is 1. The number of nitrogens with zero attached hydrogens (tertiary/aromatic N) is 5. The molecule has 4 rings (SSSR count). The number of anilines is 2. The van der Waals surface area contributed by atoms with Crippen molar-refractivity contribution in [2.75, 3.05) is 23.3 Å². The van der Waals surface area contributed by atoms with Crippen molar-refractivity contribution in [3.8, 4) is 5.82 Å². The number of hydrogen-bond donors (Lipinski definition) is 1. The zero-order valence-electron chi connectivity index (χ0n) is 15.9. The minimum absolute atomic E-state index is 0.227. The first-order valence-corrected chi connectivity index (χ1v) is 9.46. The molecule has 0 bridgehead atoms. The van der Waals surface area contributed by atoms with E-state index < -0.39 is 23.6 Å². The molecule has 0 saturated carbocycles. The highest BCUT2D eigenvalue weighted by Gasteiger charge is 2.34. The minimum atomic E-state index is -4.54. The Morgan fingerprint density at radius 1 is 1.13 bits per heavy atom. The first-order valence-electron chi connectivity index (χ1n) is 9.46. The summed E-state index contributed by atoms with van der Waals surface area (Å²) in [6, 6.07) is 8.54. The van der Waals surface area contributed by atoms with E-state index in [0.717, 1.165) is 12.5 Å². The number of aromatic nitrogens is 4. The second kappa shape index (κ2) is 8.13. The van der Waals surface area contributed by atoms with Crippen LogP contribution in [0, 0.1) is 5.92 Å². The summed E-state index contributed by atoms with van der Waals surface area (Å²) >= 11 is 0. The third-order valence-corrected chi connectivity index (χ3v) is 4.98. The maximum Gasteiger partial charge on any atom is 0.418 e. The van der Waals surface area contributed by atoms with Gasteiger partial charge in [-0.05, 0) is 31.0 Å². The number of hydrogen-bond acceptors (Lipinski definition) is 5. The first kappa shape index (κ1) is 19.9. The van der Waals surface area contributed by atoms with Crippen LogP contribution in [-0.2, 0) is 11.0 Å². The minimum Gasteiger partial charge on any atom is -0.356 e. The van der Waals surface area contributed by atoms with E-state index in [1.807, 2.05) is 4.90 Å². The highest BCUT2D eigenvalue weighted by Crippen LogP contribution is 2.35. The Morgan fingerprint density at radius 3 is 2.70 bits per heavy atom. The molecule has 1 saturated heterocycles. The van der Waals surface area contributed by atoms with Crippen molar-refractivity contribution in [3.63, 3.8) is 0 Å². The van der Waals surface area contributed by atoms with Crippen LogP contribution in [0.3, 0.4) is 0 Å². The van der Waals surface area contributed by atoms with E-state index >= 15 is 0 Å². The van der Waals surface area contributed by atoms with Crippen molar-refractivity contribution in [2.45, 2.75) is 19.0 Å². The number of amides is 1. The van der Waals surface area contributed by atoms with Gasteiger partial charge in [-0.2, -0.15) is 18.3 Å². The van der Waals surface area contributed by atoms with Gasteiger partial charge in [0.15, 0.2) is 5.82 Å². The SMILES string of the molecule is O=C(Nc1ccccc1C(F)(F)F)[C@H]1CCCN(c2cc(-n3cccn3)ncn2)C1. The maximum absolute atomic E-state index is 13.2. The second-order valence-corrected chi connectivity index (χ2v) is 7.00. The van der Waals surface area contributed by atoms with Crippen molar-refractivity contribution in [2.24, 2.45) is 5.92 Å². The Bertz CT molecular complexity index is 1020. The lowest BCUT2D eigenvalue weighted by atomic mass is 9.96. The molecular formula is C20H19F3N6O. The number of alkyl halides is 3. The average Bonchev–Trinajstić information content (AvgIpc) is 3.29. The third-order valence-electron chi connectivity index (χ3n) is 4.98. The fourth-order valence-electron chi connectivity index (χ4n) is 3.51. The summed E-state index contributed by atoms with van der Waals surface area (Å²) in [5.74, 6) is 0.347. The fourth-order valence-corrected chi connectivity index (χ4v) is 3.51. The monoisotopic (exact) mass is 416 g/mol. The molecule has 10 heteroatoms. The molecule has 30 heavy (non-hydrogen) atoms. The maximum atomic E-state index is 13.2. The molecule has 0 radical (unpaired) electrons. The van der Waals surface area contributed by atoms with Crippen LogP contribution in [0.15, 0.2) is 55.1 Å². The third kappa shape index (κ3) is 4.27. The second-order valence-electron chi connectivity index (χ2n) is 7.00. The van der Waals surface area contributed by atoms with Gasteiger partial charge in [-0.15, -0.1) is 0 Å². The van der Waals surface area contributed by atoms with E-state index in [4.69, 9.17) is 0 Å². The summed E-state index contributed by atoms with van der Waals surface area (Å²) in [5.41, 5.74) is -1.08. The molecule has 3 aromatic rings. The van der Waals surface area contributed by atoms with Gasteiger partial charge in [0.05, 0.1) is 17.2 Å². The van der Waals surface area contributed by atoms with E-state index in [-0.39, 0.29) is 5.69 Å². The molecule has 1 amide bonds. The number of benzene rings is 1. The standard InChI is InChI=1S/C20H19F3N6O/c21-20(22,23)15-6-1-2-7-16(15)27-19(30)14-5-3-9-28(12-14)17-11-18(25-13-24-17)29-10-4-8-26-29/h1-2,4,6-8,10-11,13-14H,3,5,9,12H2,(H,27,30)/t14-/m0/s1. The largest absolute Gasteiger partial charge is 0.418 e.